The first-order valence-electron chi connectivity index (χ1n) is 22.7. The summed E-state index contributed by atoms with van der Waals surface area (Å²) in [7, 11) is -12.8. The second-order valence-corrected chi connectivity index (χ2v) is 21.0. The number of phosphoric ester groups is 1. The summed E-state index contributed by atoms with van der Waals surface area (Å²) in [5.41, 5.74) is -1.51. The van der Waals surface area contributed by atoms with Crippen LogP contribution < -0.4 is 11.2 Å². The molecule has 0 amide bonds. The van der Waals surface area contributed by atoms with Crippen molar-refractivity contribution in [2.75, 3.05) is 18.1 Å². The van der Waals surface area contributed by atoms with Crippen molar-refractivity contribution in [3.05, 3.63) is 33.1 Å². The Balaban J connectivity index is 0.000000712. The second kappa shape index (κ2) is 33.1. The summed E-state index contributed by atoms with van der Waals surface area (Å²) in [4.78, 5) is 41.6. The van der Waals surface area contributed by atoms with Crippen molar-refractivity contribution in [2.45, 2.75) is 218 Å². The van der Waals surface area contributed by atoms with E-state index in [1.165, 1.54) is 128 Å². The fraction of sp³-hybridized carbons (Fsp3) is 0.902. The van der Waals surface area contributed by atoms with Crippen molar-refractivity contribution >= 4 is 28.1 Å². The van der Waals surface area contributed by atoms with E-state index in [4.69, 9.17) is 14.5 Å². The molecule has 2 rings (SSSR count). The van der Waals surface area contributed by atoms with Gasteiger partial charge in [-0.25, -0.2) is 9.36 Å². The maximum absolute atomic E-state index is 12.1. The monoisotopic (exact) mass is 918 g/mol. The number of rotatable bonds is 36. The first-order valence-corrected chi connectivity index (χ1v) is 27.4. The summed E-state index contributed by atoms with van der Waals surface area (Å²) in [6.07, 6.45) is 28.6. The molecule has 0 spiro atoms. The van der Waals surface area contributed by atoms with Crippen LogP contribution in [0.15, 0.2) is 21.9 Å². The molecule has 1 fully saturated rings. The molecule has 1 aliphatic rings. The molecule has 0 radical (unpaired) electrons. The van der Waals surface area contributed by atoms with Gasteiger partial charge in [0, 0.05) is 12.3 Å². The zero-order valence-corrected chi connectivity index (χ0v) is 39.0. The van der Waals surface area contributed by atoms with Crippen LogP contribution in [0, 0.1) is 0 Å². The number of nitrogens with zero attached hydrogens (tertiary/aromatic N) is 1. The van der Waals surface area contributed by atoms with E-state index in [-0.39, 0.29) is 11.5 Å². The zero-order valence-electron chi connectivity index (χ0n) is 36.5. The number of ether oxygens (including phenoxy) is 1. The summed E-state index contributed by atoms with van der Waals surface area (Å²) in [5.74, 6) is -0.411. The maximum Gasteiger partial charge on any atom is 0.469 e. The molecule has 0 aliphatic carbocycles. The Bertz CT molecular complexity index is 1560. The summed E-state index contributed by atoms with van der Waals surface area (Å²) in [6, 6.07) is 1.02. The van der Waals surface area contributed by atoms with Gasteiger partial charge in [0.05, 0.1) is 18.1 Å². The number of hydrogen-bond donors (Lipinski definition) is 5. The lowest BCUT2D eigenvalue weighted by molar-refractivity contribution is -0.0543. The van der Waals surface area contributed by atoms with Crippen molar-refractivity contribution in [3.63, 3.8) is 0 Å². The Kier molecular flexibility index (Phi) is 31.2. The molecule has 16 nitrogen and oxygen atoms in total. The highest BCUT2D eigenvalue weighted by Gasteiger charge is 2.45. The van der Waals surface area contributed by atoms with Crippen LogP contribution in [0.3, 0.4) is 0 Å². The third-order valence-corrected chi connectivity index (χ3v) is 14.3. The summed E-state index contributed by atoms with van der Waals surface area (Å²) in [5, 5.41) is 19.6. The molecular weight excluding hydrogens is 840 g/mol. The predicted molar refractivity (Wildman–Crippen MR) is 235 cm³/mol. The molecule has 354 valence electrons. The Labute approximate surface area is 360 Å². The number of aromatic nitrogens is 2. The fourth-order valence-corrected chi connectivity index (χ4v) is 10.3. The highest BCUT2D eigenvalue weighted by Crippen LogP contribution is 2.38. The minimum Gasteiger partial charge on any atom is -0.387 e. The van der Waals surface area contributed by atoms with Gasteiger partial charge in [-0.2, -0.15) is 16.8 Å². The molecule has 2 heterocycles. The van der Waals surface area contributed by atoms with Crippen LogP contribution in [0.5, 0.6) is 0 Å². The van der Waals surface area contributed by atoms with Gasteiger partial charge in [-0.3, -0.25) is 18.9 Å². The number of hydrogen-bond acceptors (Lipinski definition) is 12. The molecule has 0 saturated carbocycles. The average Bonchev–Trinajstić information content (AvgIpc) is 3.45. The minimum atomic E-state index is -4.76. The molecule has 4 atom stereocenters. The average molecular weight is 919 g/mol. The summed E-state index contributed by atoms with van der Waals surface area (Å²) < 4.78 is 73.8. The molecule has 1 aromatic heterocycles. The lowest BCUT2D eigenvalue weighted by Crippen LogP contribution is -2.37. The van der Waals surface area contributed by atoms with E-state index in [2.05, 4.69) is 22.0 Å². The number of aromatic amines is 1. The standard InChI is InChI=1S/C32H66O5S2.C9H13N2O9P/c1-3-5-7-9-11-13-15-17-19-21-23-25-27-29-31-38(33,34)37-39(35,36)32-30-28-26-24-22-20-18-16-14-12-10-8-6-4-2;12-5-1-2-11(9(15)10-5)8-7(14)6(13)4(20-8)3-19-21(16,17)18/h3-32H2,1-2H3;1-2,4,6-8,13-14H,3H2,(H,10,12,15)(H2,16,17,18)/t;4-,6-,7-,8-/m.1/s1. The summed E-state index contributed by atoms with van der Waals surface area (Å²) >= 11 is 0. The van der Waals surface area contributed by atoms with Crippen LogP contribution in [0.4, 0.5) is 0 Å². The van der Waals surface area contributed by atoms with E-state index >= 15 is 0 Å². The normalized spacial score (nSPS) is 18.4. The maximum atomic E-state index is 12.1. The number of phosphoric acid groups is 1. The van der Waals surface area contributed by atoms with E-state index < -0.39 is 70.5 Å². The van der Waals surface area contributed by atoms with Gasteiger partial charge in [0.25, 0.3) is 25.8 Å². The highest BCUT2D eigenvalue weighted by atomic mass is 32.3. The first-order chi connectivity index (χ1) is 28.5. The quantitative estimate of drug-likeness (QED) is 0.0317. The van der Waals surface area contributed by atoms with Crippen LogP contribution >= 0.6 is 7.82 Å². The van der Waals surface area contributed by atoms with Gasteiger partial charge in [0.2, 0.25) is 0 Å². The van der Waals surface area contributed by atoms with E-state index in [1.54, 1.807) is 0 Å². The van der Waals surface area contributed by atoms with E-state index in [0.29, 0.717) is 12.8 Å². The van der Waals surface area contributed by atoms with Gasteiger partial charge in [0.15, 0.2) is 6.23 Å². The number of nitrogens with one attached hydrogen (secondary N) is 1. The third-order valence-electron chi connectivity index (χ3n) is 10.6. The Morgan fingerprint density at radius 2 is 0.967 bits per heavy atom. The Morgan fingerprint density at radius 1 is 0.617 bits per heavy atom. The topological polar surface area (TPSA) is 249 Å². The minimum absolute atomic E-state index is 0.205. The van der Waals surface area contributed by atoms with E-state index in [9.17, 15) is 41.2 Å². The second-order valence-electron chi connectivity index (χ2n) is 16.1. The van der Waals surface area contributed by atoms with E-state index in [0.717, 1.165) is 55.4 Å². The summed E-state index contributed by atoms with van der Waals surface area (Å²) in [6.45, 7) is 3.82. The van der Waals surface area contributed by atoms with E-state index in [1.807, 2.05) is 4.98 Å². The highest BCUT2D eigenvalue weighted by molar-refractivity contribution is 7.99. The smallest absolute Gasteiger partial charge is 0.387 e. The third kappa shape index (κ3) is 29.0. The van der Waals surface area contributed by atoms with Crippen LogP contribution in [0.25, 0.3) is 0 Å². The molecule has 1 aliphatic heterocycles. The van der Waals surface area contributed by atoms with Crippen molar-refractivity contribution in [2.24, 2.45) is 0 Å². The molecule has 1 saturated heterocycles. The van der Waals surface area contributed by atoms with Crippen LogP contribution in [0.2, 0.25) is 0 Å². The SMILES string of the molecule is CCCCCCCCCCCCCCCCS(=O)(=O)OS(=O)(=O)CCCCCCCCCCCCCCCC.O=c1ccn([C@@H]2O[C@H](COP(=O)(O)O)[C@@H](O)[C@H]2O)c(=O)[nH]1. The van der Waals surface area contributed by atoms with Crippen molar-refractivity contribution < 1.29 is 54.3 Å². The van der Waals surface area contributed by atoms with Crippen LogP contribution in [-0.2, 0) is 37.7 Å². The van der Waals surface area contributed by atoms with Crippen molar-refractivity contribution in [1.29, 1.82) is 0 Å². The Morgan fingerprint density at radius 3 is 1.30 bits per heavy atom. The van der Waals surface area contributed by atoms with Gasteiger partial charge in [0.1, 0.15) is 18.3 Å². The first kappa shape index (κ1) is 56.5. The van der Waals surface area contributed by atoms with Gasteiger partial charge in [-0.05, 0) is 12.8 Å². The Hall–Kier alpha value is -1.47. The molecule has 0 bridgehead atoms. The molecule has 0 aromatic carbocycles. The van der Waals surface area contributed by atoms with Crippen LogP contribution in [0.1, 0.15) is 200 Å². The molecule has 60 heavy (non-hydrogen) atoms. The van der Waals surface area contributed by atoms with Gasteiger partial charge >= 0.3 is 13.5 Å². The van der Waals surface area contributed by atoms with Crippen molar-refractivity contribution in [1.82, 2.24) is 9.55 Å². The molecule has 1 aromatic rings. The predicted octanol–water partition coefficient (Wildman–Crippen LogP) is 7.89. The fourth-order valence-electron chi connectivity index (χ4n) is 7.07. The molecule has 0 unspecified atom stereocenters. The lowest BCUT2D eigenvalue weighted by atomic mass is 10.0. The van der Waals surface area contributed by atoms with Crippen LogP contribution in [-0.4, -0.2) is 82.8 Å². The molecular formula is C41H79N2O14PS2. The lowest BCUT2D eigenvalue weighted by Gasteiger charge is -2.16. The largest absolute Gasteiger partial charge is 0.469 e. The molecule has 19 heteroatoms. The van der Waals surface area contributed by atoms with Crippen molar-refractivity contribution in [3.8, 4) is 0 Å². The zero-order chi connectivity index (χ0) is 44.7. The van der Waals surface area contributed by atoms with Gasteiger partial charge < -0.3 is 24.7 Å². The number of aliphatic hydroxyl groups excluding tert-OH is 2. The number of unbranched alkanes of at least 4 members (excludes halogenated alkanes) is 26. The number of H-pyrrole nitrogens is 1. The molecule has 5 N–H and O–H groups in total. The van der Waals surface area contributed by atoms with Gasteiger partial charge in [-0.15, -0.1) is 3.63 Å². The number of aliphatic hydroxyl groups is 2. The van der Waals surface area contributed by atoms with Gasteiger partial charge in [-0.1, -0.05) is 181 Å².